The molecule has 0 aliphatic carbocycles. The van der Waals surface area contributed by atoms with Gasteiger partial charge in [-0.05, 0) is 79.5 Å². The lowest BCUT2D eigenvalue weighted by Gasteiger charge is -2.49. The number of aliphatic hydroxyl groups excluding tert-OH is 1. The average molecular weight is 448 g/mol. The van der Waals surface area contributed by atoms with E-state index in [1.165, 1.54) is 17.5 Å². The monoisotopic (exact) mass is 447 g/mol. The molecule has 4 rings (SSSR count). The minimum atomic E-state index is -0.0859. The molecule has 32 heavy (non-hydrogen) atoms. The lowest BCUT2D eigenvalue weighted by Crippen LogP contribution is -2.50. The number of methoxy groups -OCH3 is 2. The highest BCUT2D eigenvalue weighted by Crippen LogP contribution is 2.46. The highest BCUT2D eigenvalue weighted by atomic mass is 16.7. The van der Waals surface area contributed by atoms with Gasteiger partial charge in [-0.3, -0.25) is 4.90 Å². The van der Waals surface area contributed by atoms with E-state index in [-0.39, 0.29) is 24.4 Å². The fourth-order valence-electron chi connectivity index (χ4n) is 5.90. The first kappa shape index (κ1) is 23.8. The van der Waals surface area contributed by atoms with Crippen LogP contribution < -0.4 is 9.47 Å². The summed E-state index contributed by atoms with van der Waals surface area (Å²) in [6.07, 6.45) is 7.20. The molecule has 0 aromatic heterocycles. The Morgan fingerprint density at radius 2 is 1.94 bits per heavy atom. The number of hydrogen-bond donors (Lipinski definition) is 1. The summed E-state index contributed by atoms with van der Waals surface area (Å²) in [4.78, 5) is 2.63. The van der Waals surface area contributed by atoms with E-state index in [1.54, 1.807) is 14.2 Å². The molecule has 3 heterocycles. The van der Waals surface area contributed by atoms with Crippen molar-refractivity contribution >= 4 is 0 Å². The number of nitrogens with zero attached hydrogens (tertiary/aromatic N) is 1. The van der Waals surface area contributed by atoms with E-state index in [1.807, 2.05) is 0 Å². The van der Waals surface area contributed by atoms with Crippen molar-refractivity contribution in [3.05, 3.63) is 23.3 Å². The average Bonchev–Trinajstić information content (AvgIpc) is 2.79. The Bertz CT molecular complexity index is 761. The summed E-state index contributed by atoms with van der Waals surface area (Å²) in [6.45, 7) is 7.64. The number of rotatable bonds is 8. The van der Waals surface area contributed by atoms with Gasteiger partial charge in [0, 0.05) is 32.3 Å². The van der Waals surface area contributed by atoms with Gasteiger partial charge in [0.2, 0.25) is 0 Å². The van der Waals surface area contributed by atoms with E-state index in [0.29, 0.717) is 12.0 Å². The Kier molecular flexibility index (Phi) is 7.65. The Hall–Kier alpha value is -1.34. The Morgan fingerprint density at radius 1 is 1.16 bits per heavy atom. The van der Waals surface area contributed by atoms with Gasteiger partial charge >= 0.3 is 0 Å². The molecule has 1 N–H and O–H groups in total. The number of benzene rings is 1. The van der Waals surface area contributed by atoms with Crippen LogP contribution in [0.5, 0.6) is 11.5 Å². The highest BCUT2D eigenvalue weighted by Gasteiger charge is 2.42. The summed E-state index contributed by atoms with van der Waals surface area (Å²) >= 11 is 0. The standard InChI is InChI=1S/C26H41NO5/c1-26(2,9-11-28)16-19-17-27-10-8-18-13-23(29-3)24(30-4)14-20(18)21(27)15-22(19)32-25-7-5-6-12-31-25/h13-14,19,21-22,25,28H,5-12,15-17H2,1-4H3/t19-,21-,22-,25?/m1/s1. The van der Waals surface area contributed by atoms with Gasteiger partial charge in [0.25, 0.3) is 0 Å². The van der Waals surface area contributed by atoms with E-state index < -0.39 is 0 Å². The van der Waals surface area contributed by atoms with Crippen LogP contribution >= 0.6 is 0 Å². The van der Waals surface area contributed by atoms with Gasteiger partial charge in [-0.25, -0.2) is 0 Å². The normalized spacial score (nSPS) is 28.7. The highest BCUT2D eigenvalue weighted by molar-refractivity contribution is 5.49. The summed E-state index contributed by atoms with van der Waals surface area (Å²) < 4.78 is 23.8. The van der Waals surface area contributed by atoms with E-state index in [9.17, 15) is 5.11 Å². The van der Waals surface area contributed by atoms with Gasteiger partial charge in [0.05, 0.1) is 20.3 Å². The van der Waals surface area contributed by atoms with Crippen molar-refractivity contribution in [2.75, 3.05) is 40.5 Å². The third-order valence-electron chi connectivity index (χ3n) is 7.63. The summed E-state index contributed by atoms with van der Waals surface area (Å²) in [5.41, 5.74) is 2.79. The minimum Gasteiger partial charge on any atom is -0.493 e. The van der Waals surface area contributed by atoms with Gasteiger partial charge in [-0.15, -0.1) is 0 Å². The molecule has 1 aromatic carbocycles. The summed E-state index contributed by atoms with van der Waals surface area (Å²) in [5.74, 6) is 2.04. The first-order chi connectivity index (χ1) is 15.4. The van der Waals surface area contributed by atoms with Crippen molar-refractivity contribution in [2.45, 2.75) is 77.2 Å². The molecular formula is C26H41NO5. The lowest BCUT2D eigenvalue weighted by atomic mass is 9.73. The number of ether oxygens (including phenoxy) is 4. The van der Waals surface area contributed by atoms with Crippen LogP contribution in [0.2, 0.25) is 0 Å². The molecule has 3 aliphatic rings. The van der Waals surface area contributed by atoms with Crippen LogP contribution in [0.15, 0.2) is 12.1 Å². The Labute approximate surface area is 193 Å². The molecule has 6 heteroatoms. The predicted molar refractivity (Wildman–Crippen MR) is 124 cm³/mol. The zero-order valence-electron chi connectivity index (χ0n) is 20.3. The SMILES string of the molecule is COc1cc2c(cc1OC)[C@H]1C[C@@H](OC3CCCCO3)[C@H](CC(C)(C)CCO)CN1CC2. The minimum absolute atomic E-state index is 0.0859. The molecular weight excluding hydrogens is 406 g/mol. The molecule has 2 fully saturated rings. The second-order valence-electron chi connectivity index (χ2n) is 10.5. The molecule has 0 amide bonds. The van der Waals surface area contributed by atoms with Crippen molar-refractivity contribution in [2.24, 2.45) is 11.3 Å². The van der Waals surface area contributed by atoms with Gasteiger partial charge in [-0.2, -0.15) is 0 Å². The first-order valence-corrected chi connectivity index (χ1v) is 12.3. The van der Waals surface area contributed by atoms with Crippen LogP contribution in [-0.2, 0) is 15.9 Å². The van der Waals surface area contributed by atoms with E-state index in [0.717, 1.165) is 69.7 Å². The second kappa shape index (κ2) is 10.3. The van der Waals surface area contributed by atoms with E-state index >= 15 is 0 Å². The molecule has 0 saturated carbocycles. The summed E-state index contributed by atoms with van der Waals surface area (Å²) in [7, 11) is 3.41. The number of aliphatic hydroxyl groups is 1. The Morgan fingerprint density at radius 3 is 2.62 bits per heavy atom. The zero-order valence-corrected chi connectivity index (χ0v) is 20.3. The third-order valence-corrected chi connectivity index (χ3v) is 7.63. The van der Waals surface area contributed by atoms with Crippen LogP contribution in [0, 0.1) is 11.3 Å². The van der Waals surface area contributed by atoms with Crippen LogP contribution in [0.3, 0.4) is 0 Å². The maximum Gasteiger partial charge on any atom is 0.161 e. The topological polar surface area (TPSA) is 60.4 Å². The molecule has 0 bridgehead atoms. The van der Waals surface area contributed by atoms with Gasteiger partial charge in [-0.1, -0.05) is 13.8 Å². The molecule has 2 saturated heterocycles. The molecule has 6 nitrogen and oxygen atoms in total. The van der Waals surface area contributed by atoms with Crippen molar-refractivity contribution in [1.82, 2.24) is 4.90 Å². The molecule has 1 unspecified atom stereocenters. The van der Waals surface area contributed by atoms with E-state index in [2.05, 4.69) is 30.9 Å². The van der Waals surface area contributed by atoms with Crippen molar-refractivity contribution < 1.29 is 24.1 Å². The van der Waals surface area contributed by atoms with Crippen molar-refractivity contribution in [3.8, 4) is 11.5 Å². The fraction of sp³-hybridized carbons (Fsp3) is 0.769. The number of fused-ring (bicyclic) bond motifs is 3. The second-order valence-corrected chi connectivity index (χ2v) is 10.5. The van der Waals surface area contributed by atoms with Crippen LogP contribution in [0.1, 0.15) is 69.5 Å². The fourth-order valence-corrected chi connectivity index (χ4v) is 5.90. The van der Waals surface area contributed by atoms with Crippen LogP contribution in [0.4, 0.5) is 0 Å². The molecule has 3 aliphatic heterocycles. The largest absolute Gasteiger partial charge is 0.493 e. The summed E-state index contributed by atoms with van der Waals surface area (Å²) in [6, 6.07) is 4.65. The molecule has 0 radical (unpaired) electrons. The quantitative estimate of drug-likeness (QED) is 0.640. The van der Waals surface area contributed by atoms with Crippen LogP contribution in [0.25, 0.3) is 0 Å². The lowest BCUT2D eigenvalue weighted by molar-refractivity contribution is -0.214. The summed E-state index contributed by atoms with van der Waals surface area (Å²) in [5, 5.41) is 9.56. The first-order valence-electron chi connectivity index (χ1n) is 12.3. The molecule has 1 aromatic rings. The number of hydrogen-bond acceptors (Lipinski definition) is 6. The molecule has 180 valence electrons. The number of piperidine rings is 1. The van der Waals surface area contributed by atoms with Gasteiger partial charge < -0.3 is 24.1 Å². The third kappa shape index (κ3) is 5.24. The Balaban J connectivity index is 1.59. The molecule has 4 atom stereocenters. The smallest absolute Gasteiger partial charge is 0.161 e. The van der Waals surface area contributed by atoms with Gasteiger partial charge in [0.1, 0.15) is 0 Å². The van der Waals surface area contributed by atoms with E-state index in [4.69, 9.17) is 18.9 Å². The maximum atomic E-state index is 9.56. The zero-order chi connectivity index (χ0) is 22.7. The van der Waals surface area contributed by atoms with Gasteiger partial charge in [0.15, 0.2) is 17.8 Å². The van der Waals surface area contributed by atoms with Crippen LogP contribution in [-0.4, -0.2) is 62.9 Å². The van der Waals surface area contributed by atoms with Crippen molar-refractivity contribution in [3.63, 3.8) is 0 Å². The predicted octanol–water partition coefficient (Wildman–Crippen LogP) is 4.33. The maximum absolute atomic E-state index is 9.56. The molecule has 0 spiro atoms. The van der Waals surface area contributed by atoms with Crippen molar-refractivity contribution in [1.29, 1.82) is 0 Å².